The second kappa shape index (κ2) is 12.4. The van der Waals surface area contributed by atoms with Crippen LogP contribution in [0.3, 0.4) is 0 Å². The molecule has 1 unspecified atom stereocenters. The highest BCUT2D eigenvalue weighted by molar-refractivity contribution is 14.1. The van der Waals surface area contributed by atoms with Crippen LogP contribution in [0.15, 0.2) is 69.5 Å². The summed E-state index contributed by atoms with van der Waals surface area (Å²) in [7, 11) is 0. The molecule has 1 aliphatic carbocycles. The van der Waals surface area contributed by atoms with E-state index in [1.54, 1.807) is 9.47 Å². The van der Waals surface area contributed by atoms with E-state index in [4.69, 9.17) is 9.47 Å². The summed E-state index contributed by atoms with van der Waals surface area (Å²) in [5.74, 6) is 0.696. The quantitative estimate of drug-likeness (QED) is 0.246. The largest absolute Gasteiger partial charge is 0.449 e. The number of hydrogen-bond donors (Lipinski definition) is 0. The van der Waals surface area contributed by atoms with Gasteiger partial charge in [0.1, 0.15) is 5.82 Å². The van der Waals surface area contributed by atoms with Crippen molar-refractivity contribution in [2.45, 2.75) is 66.2 Å². The Morgan fingerprint density at radius 1 is 0.927 bits per heavy atom. The van der Waals surface area contributed by atoms with E-state index in [1.165, 1.54) is 5.56 Å². The summed E-state index contributed by atoms with van der Waals surface area (Å²) in [5.41, 5.74) is 5.88. The Morgan fingerprint density at radius 2 is 1.59 bits per heavy atom. The van der Waals surface area contributed by atoms with Crippen molar-refractivity contribution >= 4 is 51.5 Å². The van der Waals surface area contributed by atoms with E-state index in [0.717, 1.165) is 57.0 Å². The van der Waals surface area contributed by atoms with Gasteiger partial charge in [0.15, 0.2) is 0 Å². The molecule has 0 saturated heterocycles. The standard InChI is InChI=1S/C34H39IN2O4/c1-21(2)19-40-33(38)36-27-14-10-9-13-26(27)29-28(24-17-15-23(5)16-18-24)30(35)31(25-11-7-6-8-12-25)37(32(29)36)34(39)41-20-22(3)4/h9-11,13-18,21-22,28H,6-8,12,19-20H2,1-5H3. The first-order chi connectivity index (χ1) is 19.7. The van der Waals surface area contributed by atoms with Crippen LogP contribution in [0, 0.1) is 18.8 Å². The summed E-state index contributed by atoms with van der Waals surface area (Å²) in [6.07, 6.45) is 5.28. The van der Waals surface area contributed by atoms with Crippen molar-refractivity contribution in [1.29, 1.82) is 0 Å². The topological polar surface area (TPSA) is 60.8 Å². The van der Waals surface area contributed by atoms with E-state index < -0.39 is 12.2 Å². The van der Waals surface area contributed by atoms with Crippen molar-refractivity contribution in [2.24, 2.45) is 11.8 Å². The SMILES string of the molecule is Cc1ccc(C2C(I)=C(C3=CCCCC3)N(C(=O)OCC(C)C)c3c2c2ccccc2n3C(=O)OCC(C)C)cc1. The molecule has 1 atom stereocenters. The lowest BCUT2D eigenvalue weighted by molar-refractivity contribution is 0.134. The molecule has 41 heavy (non-hydrogen) atoms. The van der Waals surface area contributed by atoms with E-state index in [1.807, 2.05) is 52.0 Å². The predicted molar refractivity (Wildman–Crippen MR) is 173 cm³/mol. The van der Waals surface area contributed by atoms with E-state index in [2.05, 4.69) is 59.9 Å². The van der Waals surface area contributed by atoms with Gasteiger partial charge in [0.25, 0.3) is 0 Å². The Morgan fingerprint density at radius 3 is 2.22 bits per heavy atom. The van der Waals surface area contributed by atoms with Crippen molar-refractivity contribution < 1.29 is 19.1 Å². The molecular weight excluding hydrogens is 627 g/mol. The minimum Gasteiger partial charge on any atom is -0.449 e. The molecule has 2 aromatic carbocycles. The number of ether oxygens (including phenoxy) is 2. The van der Waals surface area contributed by atoms with Crippen LogP contribution in [-0.2, 0) is 9.47 Å². The number of rotatable bonds is 6. The number of hydrogen-bond acceptors (Lipinski definition) is 4. The number of para-hydroxylation sites is 1. The minimum atomic E-state index is -0.491. The van der Waals surface area contributed by atoms with E-state index in [-0.39, 0.29) is 31.0 Å². The molecule has 1 amide bonds. The fourth-order valence-corrected chi connectivity index (χ4v) is 6.88. The van der Waals surface area contributed by atoms with Crippen LogP contribution in [0.2, 0.25) is 0 Å². The maximum Gasteiger partial charge on any atom is 0.420 e. The first kappa shape index (κ1) is 29.4. The number of aryl methyl sites for hydroxylation is 1. The molecule has 0 spiro atoms. The van der Waals surface area contributed by atoms with Crippen molar-refractivity contribution in [2.75, 3.05) is 18.1 Å². The van der Waals surface area contributed by atoms with Crippen LogP contribution in [0.5, 0.6) is 0 Å². The minimum absolute atomic E-state index is 0.165. The molecule has 0 saturated carbocycles. The number of fused-ring (bicyclic) bond motifs is 3. The molecule has 6 nitrogen and oxygen atoms in total. The van der Waals surface area contributed by atoms with Gasteiger partial charge < -0.3 is 9.47 Å². The van der Waals surface area contributed by atoms with Gasteiger partial charge >= 0.3 is 12.2 Å². The highest BCUT2D eigenvalue weighted by atomic mass is 127. The fourth-order valence-electron chi connectivity index (χ4n) is 5.62. The number of amides is 1. The molecule has 2 heterocycles. The fraction of sp³-hybridized carbons (Fsp3) is 0.412. The van der Waals surface area contributed by atoms with E-state index in [9.17, 15) is 9.59 Å². The van der Waals surface area contributed by atoms with Crippen molar-refractivity contribution in [3.63, 3.8) is 0 Å². The summed E-state index contributed by atoms with van der Waals surface area (Å²) in [6, 6.07) is 16.4. The molecule has 2 aliphatic rings. The van der Waals surface area contributed by atoms with Crippen molar-refractivity contribution in [3.8, 4) is 0 Å². The third kappa shape index (κ3) is 5.83. The first-order valence-electron chi connectivity index (χ1n) is 14.6. The number of carbonyl (C=O) groups excluding carboxylic acids is 2. The normalized spacial score (nSPS) is 17.2. The van der Waals surface area contributed by atoms with E-state index in [0.29, 0.717) is 11.3 Å². The number of allylic oxidation sites excluding steroid dienone is 3. The molecule has 7 heteroatoms. The van der Waals surface area contributed by atoms with Crippen molar-refractivity contribution in [3.05, 3.63) is 86.1 Å². The maximum absolute atomic E-state index is 14.1. The summed E-state index contributed by atoms with van der Waals surface area (Å²) in [5, 5.41) is 0.919. The highest BCUT2D eigenvalue weighted by Gasteiger charge is 2.43. The maximum atomic E-state index is 14.1. The Balaban J connectivity index is 1.84. The number of nitrogens with zero attached hydrogens (tertiary/aromatic N) is 2. The Labute approximate surface area is 256 Å². The molecule has 3 aromatic rings. The van der Waals surface area contributed by atoms with Gasteiger partial charge in [-0.2, -0.15) is 0 Å². The smallest absolute Gasteiger partial charge is 0.420 e. The van der Waals surface area contributed by atoms with Crippen LogP contribution in [0.4, 0.5) is 15.4 Å². The van der Waals surface area contributed by atoms with Gasteiger partial charge in [-0.05, 0) is 84.2 Å². The van der Waals surface area contributed by atoms with Crippen LogP contribution < -0.4 is 4.90 Å². The number of carbonyl (C=O) groups is 2. The van der Waals surface area contributed by atoms with Crippen LogP contribution in [0.25, 0.3) is 10.9 Å². The second-order valence-electron chi connectivity index (χ2n) is 11.9. The molecule has 1 aliphatic heterocycles. The molecular formula is C34H39IN2O4. The zero-order chi connectivity index (χ0) is 29.3. The number of anilines is 1. The van der Waals surface area contributed by atoms with Gasteiger partial charge in [-0.15, -0.1) is 0 Å². The number of benzene rings is 2. The Hall–Kier alpha value is -3.07. The molecule has 0 radical (unpaired) electrons. The summed E-state index contributed by atoms with van der Waals surface area (Å²) >= 11 is 2.43. The van der Waals surface area contributed by atoms with Gasteiger partial charge in [-0.25, -0.2) is 19.1 Å². The molecule has 0 fully saturated rings. The Bertz CT molecular complexity index is 1510. The molecule has 216 valence electrons. The third-order valence-electron chi connectivity index (χ3n) is 7.54. The van der Waals surface area contributed by atoms with Gasteiger partial charge in [-0.1, -0.05) is 81.8 Å². The molecule has 1 aromatic heterocycles. The van der Waals surface area contributed by atoms with Crippen molar-refractivity contribution in [1.82, 2.24) is 4.57 Å². The lowest BCUT2D eigenvalue weighted by Crippen LogP contribution is -2.39. The summed E-state index contributed by atoms with van der Waals surface area (Å²) < 4.78 is 14.4. The molecule has 0 bridgehead atoms. The number of aromatic nitrogens is 1. The lowest BCUT2D eigenvalue weighted by Gasteiger charge is -2.37. The van der Waals surface area contributed by atoms with Crippen LogP contribution in [0.1, 0.15) is 76.0 Å². The zero-order valence-corrected chi connectivity index (χ0v) is 26.7. The van der Waals surface area contributed by atoms with Crippen LogP contribution >= 0.6 is 22.6 Å². The zero-order valence-electron chi connectivity index (χ0n) is 24.6. The van der Waals surface area contributed by atoms with Gasteiger partial charge in [-0.3, -0.25) is 0 Å². The second-order valence-corrected chi connectivity index (χ2v) is 13.0. The summed E-state index contributed by atoms with van der Waals surface area (Å²) in [4.78, 5) is 29.7. The highest BCUT2D eigenvalue weighted by Crippen LogP contribution is 2.53. The number of halogens is 1. The first-order valence-corrected chi connectivity index (χ1v) is 15.7. The lowest BCUT2D eigenvalue weighted by atomic mass is 9.84. The van der Waals surface area contributed by atoms with E-state index >= 15 is 0 Å². The monoisotopic (exact) mass is 666 g/mol. The van der Waals surface area contributed by atoms with Gasteiger partial charge in [0.05, 0.1) is 24.4 Å². The van der Waals surface area contributed by atoms with Gasteiger partial charge in [0, 0.05) is 20.4 Å². The average molecular weight is 667 g/mol. The molecule has 0 N–H and O–H groups in total. The molecule has 5 rings (SSSR count). The Kier molecular flexibility index (Phi) is 8.92. The van der Waals surface area contributed by atoms with Gasteiger partial charge in [0.2, 0.25) is 0 Å². The average Bonchev–Trinajstić information content (AvgIpc) is 3.30. The third-order valence-corrected chi connectivity index (χ3v) is 8.68. The summed E-state index contributed by atoms with van der Waals surface area (Å²) in [6.45, 7) is 10.7. The predicted octanol–water partition coefficient (Wildman–Crippen LogP) is 9.48. The van der Waals surface area contributed by atoms with Crippen LogP contribution in [-0.4, -0.2) is 30.0 Å².